The summed E-state index contributed by atoms with van der Waals surface area (Å²) in [5.41, 5.74) is -1.14. The Morgan fingerprint density at radius 2 is 1.23 bits per heavy atom. The van der Waals surface area contributed by atoms with E-state index < -0.39 is 13.5 Å². The third kappa shape index (κ3) is 21.3. The van der Waals surface area contributed by atoms with E-state index in [-0.39, 0.29) is 18.5 Å². The van der Waals surface area contributed by atoms with Gasteiger partial charge >= 0.3 is 13.8 Å². The van der Waals surface area contributed by atoms with E-state index in [1.165, 1.54) is 96.8 Å². The first-order valence-electron chi connectivity index (χ1n) is 14.1. The minimum absolute atomic E-state index is 0.0236. The van der Waals surface area contributed by atoms with Gasteiger partial charge in [0, 0.05) is 6.92 Å². The predicted molar refractivity (Wildman–Crippen MR) is 144 cm³/mol. The molecule has 0 aromatic rings. The molecule has 0 aromatic heterocycles. The molecule has 0 heterocycles. The fourth-order valence-electron chi connectivity index (χ4n) is 4.55. The fourth-order valence-corrected chi connectivity index (χ4v) is 5.30. The Morgan fingerprint density at radius 1 is 0.829 bits per heavy atom. The van der Waals surface area contributed by atoms with Crippen LogP contribution in [0.3, 0.4) is 0 Å². The summed E-state index contributed by atoms with van der Waals surface area (Å²) in [6, 6.07) is 0. The summed E-state index contributed by atoms with van der Waals surface area (Å²) >= 11 is 0. The Labute approximate surface area is 216 Å². The molecule has 0 fully saturated rings. The van der Waals surface area contributed by atoms with Crippen molar-refractivity contribution in [3.63, 3.8) is 0 Å². The van der Waals surface area contributed by atoms with Crippen LogP contribution in [0.4, 0.5) is 0 Å². The average Bonchev–Trinajstić information content (AvgIpc) is 2.75. The quantitative estimate of drug-likeness (QED) is 0.0584. The number of unbranched alkanes of at least 4 members (excludes halogenated alkanes) is 15. The Kier molecular flexibility index (Phi) is 20.3. The van der Waals surface area contributed by atoms with Crippen molar-refractivity contribution < 1.29 is 28.4 Å². The van der Waals surface area contributed by atoms with Gasteiger partial charge in [-0.25, -0.2) is 4.57 Å². The summed E-state index contributed by atoms with van der Waals surface area (Å²) in [6.45, 7) is 5.55. The number of ether oxygens (including phenoxy) is 1. The summed E-state index contributed by atoms with van der Waals surface area (Å²) in [5.74, 6) is -0.367. The van der Waals surface area contributed by atoms with Crippen molar-refractivity contribution in [2.24, 2.45) is 5.92 Å². The monoisotopic (exact) mass is 521 g/mol. The number of esters is 1. The van der Waals surface area contributed by atoms with Crippen LogP contribution in [0.5, 0.6) is 0 Å². The molecular formula is C27H56NO6P. The molecule has 0 aromatic carbocycles. The van der Waals surface area contributed by atoms with Crippen molar-refractivity contribution >= 4 is 13.8 Å². The molecule has 0 aliphatic rings. The van der Waals surface area contributed by atoms with Gasteiger partial charge in [-0.05, 0) is 39.8 Å². The zero-order chi connectivity index (χ0) is 26.6. The van der Waals surface area contributed by atoms with E-state index in [9.17, 15) is 19.1 Å². The van der Waals surface area contributed by atoms with E-state index in [0.717, 1.165) is 19.3 Å². The highest BCUT2D eigenvalue weighted by Crippen LogP contribution is 2.44. The van der Waals surface area contributed by atoms with Crippen molar-refractivity contribution in [3.05, 3.63) is 0 Å². The van der Waals surface area contributed by atoms with Crippen molar-refractivity contribution in [3.8, 4) is 0 Å². The smallest absolute Gasteiger partial charge is 0.466 e. The number of carbonyl (C=O) groups is 1. The number of hydrogen-bond acceptors (Lipinski definition) is 5. The maximum absolute atomic E-state index is 11.5. The number of carbonyl (C=O) groups excluding carboxylic acids is 1. The number of hydrogen-bond donors (Lipinski definition) is 2. The average molecular weight is 522 g/mol. The summed E-state index contributed by atoms with van der Waals surface area (Å²) in [5, 5.41) is 0. The van der Waals surface area contributed by atoms with Gasteiger partial charge in [-0.15, -0.1) is 0 Å². The van der Waals surface area contributed by atoms with Crippen LogP contribution in [0.2, 0.25) is 0 Å². The maximum atomic E-state index is 11.5. The maximum Gasteiger partial charge on any atom is 0.471 e. The number of rotatable bonds is 24. The van der Waals surface area contributed by atoms with Gasteiger partial charge in [0.15, 0.2) is 0 Å². The Hall–Kier alpha value is -0.460. The molecule has 0 rings (SSSR count). The molecule has 0 aliphatic carbocycles. The standard InChI is InChI=1S/C27H56NO6P/c1-6-7-8-9-10-11-12-13-14-15-16-17-18-19-20-21-22-26(24-33-25(2)29)23-27(3,28(4)5)34-35(30,31)32/h26H,6-24H2,1-5H3,(H2,30,31,32). The zero-order valence-electron chi connectivity index (χ0n) is 23.4. The molecule has 2 atom stereocenters. The second-order valence-corrected chi connectivity index (χ2v) is 11.8. The highest BCUT2D eigenvalue weighted by Gasteiger charge is 2.38. The van der Waals surface area contributed by atoms with Crippen molar-refractivity contribution in [1.82, 2.24) is 4.90 Å². The molecule has 2 N–H and O–H groups in total. The number of phosphoric ester groups is 1. The molecule has 0 spiro atoms. The molecule has 2 unspecified atom stereocenters. The minimum Gasteiger partial charge on any atom is -0.466 e. The molecular weight excluding hydrogens is 465 g/mol. The van der Waals surface area contributed by atoms with Gasteiger partial charge in [0.1, 0.15) is 5.72 Å². The lowest BCUT2D eigenvalue weighted by Gasteiger charge is -2.38. The van der Waals surface area contributed by atoms with Crippen molar-refractivity contribution in [1.29, 1.82) is 0 Å². The van der Waals surface area contributed by atoms with Gasteiger partial charge in [-0.1, -0.05) is 110 Å². The Balaban J connectivity index is 4.04. The molecule has 35 heavy (non-hydrogen) atoms. The molecule has 8 heteroatoms. The van der Waals surface area contributed by atoms with Gasteiger partial charge in [0.2, 0.25) is 0 Å². The van der Waals surface area contributed by atoms with E-state index in [1.54, 1.807) is 25.9 Å². The molecule has 0 aliphatic heterocycles. The lowest BCUT2D eigenvalue weighted by atomic mass is 9.92. The number of nitrogens with zero attached hydrogens (tertiary/aromatic N) is 1. The lowest BCUT2D eigenvalue weighted by Crippen LogP contribution is -2.45. The van der Waals surface area contributed by atoms with Crippen LogP contribution in [-0.2, 0) is 18.6 Å². The van der Waals surface area contributed by atoms with E-state index in [2.05, 4.69) is 6.92 Å². The summed E-state index contributed by atoms with van der Waals surface area (Å²) in [6.07, 6.45) is 22.2. The van der Waals surface area contributed by atoms with Crippen LogP contribution >= 0.6 is 7.82 Å². The lowest BCUT2D eigenvalue weighted by molar-refractivity contribution is -0.144. The van der Waals surface area contributed by atoms with Gasteiger partial charge in [0.25, 0.3) is 0 Å². The van der Waals surface area contributed by atoms with Crippen molar-refractivity contribution in [2.45, 2.75) is 142 Å². The Bertz CT molecular complexity index is 568. The van der Waals surface area contributed by atoms with Crippen LogP contribution in [0.25, 0.3) is 0 Å². The van der Waals surface area contributed by atoms with Gasteiger partial charge < -0.3 is 14.5 Å². The molecule has 0 bridgehead atoms. The number of phosphoric acid groups is 1. The highest BCUT2D eigenvalue weighted by atomic mass is 31.2. The molecule has 210 valence electrons. The normalized spacial score (nSPS) is 14.7. The molecule has 7 nitrogen and oxygen atoms in total. The van der Waals surface area contributed by atoms with E-state index >= 15 is 0 Å². The second-order valence-electron chi connectivity index (χ2n) is 10.6. The van der Waals surface area contributed by atoms with Crippen LogP contribution < -0.4 is 0 Å². The first-order valence-corrected chi connectivity index (χ1v) is 15.6. The van der Waals surface area contributed by atoms with Crippen molar-refractivity contribution in [2.75, 3.05) is 20.7 Å². The first kappa shape index (κ1) is 34.5. The molecule has 0 saturated heterocycles. The van der Waals surface area contributed by atoms with E-state index in [1.807, 2.05) is 0 Å². The van der Waals surface area contributed by atoms with Gasteiger partial charge in [-0.2, -0.15) is 0 Å². The topological polar surface area (TPSA) is 96.3 Å². The zero-order valence-corrected chi connectivity index (χ0v) is 24.3. The van der Waals surface area contributed by atoms with Crippen LogP contribution in [0.15, 0.2) is 0 Å². The minimum atomic E-state index is -4.65. The largest absolute Gasteiger partial charge is 0.471 e. The molecule has 0 radical (unpaired) electrons. The summed E-state index contributed by atoms with van der Waals surface area (Å²) < 4.78 is 21.8. The van der Waals surface area contributed by atoms with Gasteiger partial charge in [0.05, 0.1) is 6.61 Å². The van der Waals surface area contributed by atoms with Crippen LogP contribution in [0, 0.1) is 5.92 Å². The summed E-state index contributed by atoms with van der Waals surface area (Å²) in [7, 11) is -1.19. The Morgan fingerprint density at radius 3 is 1.57 bits per heavy atom. The molecule has 0 saturated carbocycles. The first-order chi connectivity index (χ1) is 16.5. The van der Waals surface area contributed by atoms with Crippen LogP contribution in [0.1, 0.15) is 136 Å². The fraction of sp³-hybridized carbons (Fsp3) is 0.963. The predicted octanol–water partition coefficient (Wildman–Crippen LogP) is 7.59. The van der Waals surface area contributed by atoms with Gasteiger partial charge in [-0.3, -0.25) is 14.2 Å². The third-order valence-electron chi connectivity index (χ3n) is 6.92. The third-order valence-corrected chi connectivity index (χ3v) is 7.55. The summed E-state index contributed by atoms with van der Waals surface area (Å²) in [4.78, 5) is 31.6. The van der Waals surface area contributed by atoms with Crippen LogP contribution in [-0.4, -0.2) is 47.1 Å². The second kappa shape index (κ2) is 20.6. The highest BCUT2D eigenvalue weighted by molar-refractivity contribution is 7.46. The van der Waals surface area contributed by atoms with E-state index in [4.69, 9.17) is 9.26 Å². The van der Waals surface area contributed by atoms with E-state index in [0.29, 0.717) is 6.42 Å². The SMILES string of the molecule is CCCCCCCCCCCCCCCCCCC(COC(C)=O)CC(C)(OP(=O)(O)O)N(C)C. The molecule has 0 amide bonds.